The summed E-state index contributed by atoms with van der Waals surface area (Å²) in [4.78, 5) is 78.3. The first-order valence-corrected chi connectivity index (χ1v) is 34.9. The van der Waals surface area contributed by atoms with Gasteiger partial charge >= 0.3 is 23.9 Å². The molecule has 1 N–H and O–H groups in total. The van der Waals surface area contributed by atoms with Crippen molar-refractivity contribution in [2.24, 2.45) is 5.92 Å². The second-order valence-electron chi connectivity index (χ2n) is 20.6. The molecule has 1 unspecified atom stereocenters. The predicted octanol–water partition coefficient (Wildman–Crippen LogP) is 8.99. The molecule has 0 saturated carbocycles. The number of esters is 4. The number of quaternary nitrogens is 3. The van der Waals surface area contributed by atoms with Crippen LogP contribution < -0.4 is 20.2 Å². The van der Waals surface area contributed by atoms with Crippen molar-refractivity contribution in [2.75, 3.05) is 88.8 Å². The number of benzene rings is 4. The van der Waals surface area contributed by atoms with Crippen molar-refractivity contribution in [2.45, 2.75) is 53.7 Å². The number of aromatic carboxylic acids is 2. The predicted molar refractivity (Wildman–Crippen MR) is 401 cm³/mol. The molecule has 0 aliphatic rings. The number of hydrogen-bond acceptors (Lipinski definition) is 14. The molecule has 0 aromatic heterocycles. The molecular weight excluding hydrogens is 2120 g/mol. The fourth-order valence-electron chi connectivity index (χ4n) is 5.56. The van der Waals surface area contributed by atoms with Crippen LogP contribution in [0, 0.1) is 38.0 Å². The molecule has 4 aromatic carbocycles. The average molecular weight is 2190 g/mol. The third-order valence-corrected chi connectivity index (χ3v) is 21.3. The smallest absolute Gasteiger partial charge is 0.339 e. The van der Waals surface area contributed by atoms with Gasteiger partial charge in [0.15, 0.2) is 0 Å². The summed E-state index contributed by atoms with van der Waals surface area (Å²) >= 11 is 18.8. The van der Waals surface area contributed by atoms with Gasteiger partial charge < -0.3 is 62.5 Å². The van der Waals surface area contributed by atoms with Gasteiger partial charge in [0.05, 0.1) is 66.8 Å². The van der Waals surface area contributed by atoms with Gasteiger partial charge in [-0.25, -0.2) is 19.2 Å². The normalized spacial score (nSPS) is 10.9. The summed E-state index contributed by atoms with van der Waals surface area (Å²) in [6, 6.07) is 21.1. The Bertz CT molecular complexity index is 2870. The fraction of sp³-hybridized carbons (Fsp3) is 0.373. The van der Waals surface area contributed by atoms with Crippen LogP contribution in [0.3, 0.4) is 0 Å². The summed E-state index contributed by atoms with van der Waals surface area (Å²) in [7, 11) is 14.4. The van der Waals surface area contributed by atoms with E-state index in [1.165, 1.54) is 10.5 Å². The summed E-state index contributed by atoms with van der Waals surface area (Å²) in [6.45, 7) is 23.8. The van der Waals surface area contributed by atoms with Crippen molar-refractivity contribution in [3.63, 3.8) is 0 Å². The minimum atomic E-state index is -1.22. The second-order valence-corrected chi connectivity index (χ2v) is 31.1. The monoisotopic (exact) mass is 2190 g/mol. The number of rotatable bonds is 21. The SMILES string of the molecule is C=C(C)C(=O)OCC[N+](C)(C)C.C=C(C)C(=O)OCC[N+](C)(C)Cc1ccccc1.C=C(C)C(=O)OCC[NH+](C)C.CC(C)C(CC(=O)[O-])OC(=O)c1cc(I)cc(I)c1I.O=C([O-])c1cc(I)cc(I)c1I.O=C([O-])c1cc(I)cc(I)c1I. The lowest BCUT2D eigenvalue weighted by atomic mass is 10.0. The Kier molecular flexibility index (Phi) is 44.8. The zero-order chi connectivity index (χ0) is 66.3. The van der Waals surface area contributed by atoms with Crippen molar-refractivity contribution >= 4 is 245 Å². The van der Waals surface area contributed by atoms with E-state index < -0.39 is 30.0 Å². The van der Waals surface area contributed by atoms with Gasteiger partial charge in [-0.2, -0.15) is 0 Å². The standard InChI is InChI=1S/C15H22NO2.C13H13I3O4.C9H18NO2.C8H15NO2.2C7H3I3O2/c1-13(2)15(17)18-11-10-16(3,4)12-14-8-6-5-7-9-14;1-6(2)10(5-11(17)18)20-13(19)8-3-7(14)4-9(15)12(8)16;1-8(2)9(11)12-7-6-10(3,4)5;1-7(2)8(10)11-6-5-9(3)4;2*8-3-1-4(7(11)12)6(10)5(9)2-3/h5-9H,1,10-12H2,2-4H3;3-4,6,10H,5H2,1-2H3,(H,17,18);1,6-7H2,2-5H3;1,5-6H2,2-4H3;2*1-2H,(H,11,12)/q+1;;+1;;;/p-2. The topological polar surface area (TPSA) is 230 Å². The summed E-state index contributed by atoms with van der Waals surface area (Å²) in [5.41, 5.74) is 3.65. The Morgan fingerprint density at radius 1 is 0.541 bits per heavy atom. The highest BCUT2D eigenvalue weighted by atomic mass is 127. The molecule has 0 aliphatic heterocycles. The molecule has 1 atom stereocenters. The van der Waals surface area contributed by atoms with Crippen LogP contribution in [0.5, 0.6) is 0 Å². The highest BCUT2D eigenvalue weighted by molar-refractivity contribution is 14.1. The zero-order valence-corrected chi connectivity index (χ0v) is 68.7. The number of hydrogen-bond donors (Lipinski definition) is 1. The number of ether oxygens (including phenoxy) is 4. The van der Waals surface area contributed by atoms with Crippen LogP contribution >= 0.6 is 203 Å². The first-order valence-electron chi connectivity index (χ1n) is 25.2. The van der Waals surface area contributed by atoms with Crippen molar-refractivity contribution in [3.8, 4) is 0 Å². The highest BCUT2D eigenvalue weighted by Crippen LogP contribution is 2.26. The number of halogens is 9. The number of nitrogens with one attached hydrogen (secondary N) is 1. The van der Waals surface area contributed by atoms with Crippen LogP contribution in [0.4, 0.5) is 0 Å². The molecule has 0 bridgehead atoms. The fourth-order valence-corrected chi connectivity index (χ4v) is 12.7. The van der Waals surface area contributed by atoms with Crippen LogP contribution in [0.25, 0.3) is 0 Å². The molecule has 470 valence electrons. The van der Waals surface area contributed by atoms with E-state index in [9.17, 15) is 48.9 Å². The number of carbonyl (C=O) groups is 7. The molecule has 4 rings (SSSR count). The Morgan fingerprint density at radius 3 is 1.22 bits per heavy atom. The molecule has 0 saturated heterocycles. The molecule has 17 nitrogen and oxygen atoms in total. The maximum absolute atomic E-state index is 12.2. The van der Waals surface area contributed by atoms with Crippen LogP contribution in [0.15, 0.2) is 103 Å². The summed E-state index contributed by atoms with van der Waals surface area (Å²) in [6.07, 6.45) is -0.972. The lowest BCUT2D eigenvalue weighted by Crippen LogP contribution is -3.06. The van der Waals surface area contributed by atoms with Crippen LogP contribution in [0.1, 0.15) is 77.7 Å². The minimum absolute atomic E-state index is 0.0867. The van der Waals surface area contributed by atoms with E-state index >= 15 is 0 Å². The molecule has 26 heteroatoms. The van der Waals surface area contributed by atoms with E-state index in [4.69, 9.17) is 18.9 Å². The number of carboxylic acid groups (broad SMARTS) is 3. The number of aliphatic carboxylic acids is 1. The van der Waals surface area contributed by atoms with Gasteiger partial charge in [0.2, 0.25) is 0 Å². The molecule has 0 radical (unpaired) electrons. The molecule has 0 spiro atoms. The van der Waals surface area contributed by atoms with E-state index in [1.807, 2.05) is 110 Å². The number of carbonyl (C=O) groups excluding carboxylic acids is 7. The van der Waals surface area contributed by atoms with Gasteiger partial charge in [0.1, 0.15) is 52.1 Å². The van der Waals surface area contributed by atoms with E-state index in [0.29, 0.717) is 42.1 Å². The minimum Gasteiger partial charge on any atom is -0.550 e. The highest BCUT2D eigenvalue weighted by Gasteiger charge is 2.23. The molecule has 0 heterocycles. The number of carboxylic acids is 3. The van der Waals surface area contributed by atoms with Gasteiger partial charge in [0, 0.05) is 77.9 Å². The average Bonchev–Trinajstić information content (AvgIpc) is 3.51. The van der Waals surface area contributed by atoms with E-state index in [-0.39, 0.29) is 41.4 Å². The Labute approximate surface area is 623 Å². The van der Waals surface area contributed by atoms with E-state index in [1.54, 1.807) is 39.0 Å². The summed E-state index contributed by atoms with van der Waals surface area (Å²) < 4.78 is 29.7. The zero-order valence-electron chi connectivity index (χ0n) is 49.3. The first-order chi connectivity index (χ1) is 39.0. The third kappa shape index (κ3) is 40.3. The Balaban J connectivity index is 0. The quantitative estimate of drug-likeness (QED) is 0.0205. The molecule has 4 aromatic rings. The molecule has 0 fully saturated rings. The van der Waals surface area contributed by atoms with Crippen LogP contribution in [-0.2, 0) is 44.7 Å². The van der Waals surface area contributed by atoms with E-state index in [0.717, 1.165) is 67.3 Å². The van der Waals surface area contributed by atoms with Crippen molar-refractivity contribution in [3.05, 3.63) is 158 Å². The van der Waals surface area contributed by atoms with E-state index in [2.05, 4.69) is 225 Å². The second kappa shape index (κ2) is 44.4. The molecule has 0 aliphatic carbocycles. The van der Waals surface area contributed by atoms with Gasteiger partial charge in [0.25, 0.3) is 0 Å². The van der Waals surface area contributed by atoms with Crippen molar-refractivity contribution in [1.29, 1.82) is 0 Å². The Morgan fingerprint density at radius 2 is 0.894 bits per heavy atom. The van der Waals surface area contributed by atoms with Crippen LogP contribution in [0.2, 0.25) is 0 Å². The lowest BCUT2D eigenvalue weighted by molar-refractivity contribution is -0.903. The maximum atomic E-state index is 12.2. The lowest BCUT2D eigenvalue weighted by Gasteiger charge is -2.29. The molecule has 85 heavy (non-hydrogen) atoms. The summed E-state index contributed by atoms with van der Waals surface area (Å²) in [5.74, 6) is -4.94. The molecular formula is C59H72I9N3O14. The van der Waals surface area contributed by atoms with Gasteiger partial charge in [-0.05, 0) is 266 Å². The van der Waals surface area contributed by atoms with Crippen molar-refractivity contribution in [1.82, 2.24) is 0 Å². The Hall–Kier alpha value is -1.16. The van der Waals surface area contributed by atoms with Crippen LogP contribution in [-0.4, -0.2) is 146 Å². The first kappa shape index (κ1) is 85.9. The largest absolute Gasteiger partial charge is 0.550 e. The van der Waals surface area contributed by atoms with Gasteiger partial charge in [-0.15, -0.1) is 0 Å². The number of likely N-dealkylation sites (N-methyl/N-ethyl adjacent to an activating group) is 3. The third-order valence-electron chi connectivity index (χ3n) is 10.3. The maximum Gasteiger partial charge on any atom is 0.339 e. The van der Waals surface area contributed by atoms with Crippen molar-refractivity contribution < 1.29 is 81.7 Å². The molecule has 0 amide bonds. The number of nitrogens with zero attached hydrogens (tertiary/aromatic N) is 2. The van der Waals surface area contributed by atoms with Gasteiger partial charge in [-0.3, -0.25) is 0 Å². The summed E-state index contributed by atoms with van der Waals surface area (Å²) in [5, 5.41) is 31.9. The van der Waals surface area contributed by atoms with Gasteiger partial charge in [-0.1, -0.05) is 63.9 Å².